The number of pyridine rings is 1. The molecule has 0 aliphatic carbocycles. The summed E-state index contributed by atoms with van der Waals surface area (Å²) in [6.45, 7) is 4.18. The first-order valence-electron chi connectivity index (χ1n) is 5.98. The summed E-state index contributed by atoms with van der Waals surface area (Å²) in [6, 6.07) is 3.27. The fourth-order valence-corrected chi connectivity index (χ4v) is 2.45. The minimum Gasteiger partial charge on any atom is -0.343 e. The minimum atomic E-state index is -0.141. The number of hydrogen-bond donors (Lipinski definition) is 2. The number of carbonyl (C=O) groups is 1. The van der Waals surface area contributed by atoms with Crippen LogP contribution >= 0.6 is 11.3 Å². The Morgan fingerprint density at radius 1 is 1.58 bits per heavy atom. The first-order chi connectivity index (χ1) is 9.10. The van der Waals surface area contributed by atoms with Crippen LogP contribution in [-0.2, 0) is 6.54 Å². The Bertz CT molecular complexity index is 582. The zero-order valence-electron chi connectivity index (χ0n) is 10.9. The second-order valence-electron chi connectivity index (χ2n) is 4.26. The number of thiazole rings is 1. The summed E-state index contributed by atoms with van der Waals surface area (Å²) in [5.41, 5.74) is 7.74. The van der Waals surface area contributed by atoms with E-state index in [1.54, 1.807) is 29.7 Å². The van der Waals surface area contributed by atoms with Gasteiger partial charge in [0.15, 0.2) is 0 Å². The van der Waals surface area contributed by atoms with Crippen molar-refractivity contribution in [3.8, 4) is 0 Å². The van der Waals surface area contributed by atoms with E-state index in [4.69, 9.17) is 5.73 Å². The maximum Gasteiger partial charge on any atom is 0.251 e. The Labute approximate surface area is 115 Å². The smallest absolute Gasteiger partial charge is 0.251 e. The molecule has 0 saturated carbocycles. The van der Waals surface area contributed by atoms with E-state index >= 15 is 0 Å². The van der Waals surface area contributed by atoms with Gasteiger partial charge in [-0.15, -0.1) is 11.3 Å². The van der Waals surface area contributed by atoms with E-state index in [1.807, 2.05) is 19.2 Å². The third-order valence-corrected chi connectivity index (χ3v) is 3.79. The van der Waals surface area contributed by atoms with Crippen molar-refractivity contribution in [1.29, 1.82) is 0 Å². The van der Waals surface area contributed by atoms with Crippen LogP contribution in [0.4, 0.5) is 0 Å². The molecule has 1 atom stereocenters. The lowest BCUT2D eigenvalue weighted by molar-refractivity contribution is 0.0939. The number of carbonyl (C=O) groups excluding carboxylic acids is 1. The molecule has 6 heteroatoms. The summed E-state index contributed by atoms with van der Waals surface area (Å²) in [5, 5.41) is 5.79. The van der Waals surface area contributed by atoms with Crippen molar-refractivity contribution in [3.63, 3.8) is 0 Å². The average molecular weight is 276 g/mol. The standard InChI is InChI=1S/C13H16N4OS/c1-8-7-19-13(16-8)9(2)17-12(18)10-3-4-15-11(5-10)6-14/h3-5,7,9H,6,14H2,1-2H3,(H,17,18). The van der Waals surface area contributed by atoms with Crippen molar-refractivity contribution in [2.75, 3.05) is 0 Å². The molecule has 0 saturated heterocycles. The van der Waals surface area contributed by atoms with Crippen molar-refractivity contribution >= 4 is 17.2 Å². The maximum absolute atomic E-state index is 12.1. The van der Waals surface area contributed by atoms with Gasteiger partial charge in [-0.05, 0) is 26.0 Å². The van der Waals surface area contributed by atoms with Crippen LogP contribution in [0.2, 0.25) is 0 Å². The molecule has 0 aliphatic rings. The zero-order valence-corrected chi connectivity index (χ0v) is 11.7. The van der Waals surface area contributed by atoms with Crippen LogP contribution in [0.1, 0.15) is 39.7 Å². The highest BCUT2D eigenvalue weighted by atomic mass is 32.1. The molecule has 19 heavy (non-hydrogen) atoms. The van der Waals surface area contributed by atoms with E-state index in [1.165, 1.54) is 0 Å². The molecular formula is C13H16N4OS. The Morgan fingerprint density at radius 2 is 2.37 bits per heavy atom. The van der Waals surface area contributed by atoms with Crippen LogP contribution in [0, 0.1) is 6.92 Å². The van der Waals surface area contributed by atoms with Crippen molar-refractivity contribution in [3.05, 3.63) is 45.7 Å². The number of hydrogen-bond acceptors (Lipinski definition) is 5. The molecule has 1 unspecified atom stereocenters. The molecule has 5 nitrogen and oxygen atoms in total. The topological polar surface area (TPSA) is 80.9 Å². The molecule has 2 aromatic heterocycles. The quantitative estimate of drug-likeness (QED) is 0.892. The van der Waals surface area contributed by atoms with Crippen molar-refractivity contribution in [2.24, 2.45) is 5.73 Å². The zero-order chi connectivity index (χ0) is 13.8. The highest BCUT2D eigenvalue weighted by molar-refractivity contribution is 7.09. The number of aryl methyl sites for hydroxylation is 1. The van der Waals surface area contributed by atoms with Crippen molar-refractivity contribution < 1.29 is 4.79 Å². The van der Waals surface area contributed by atoms with E-state index in [2.05, 4.69) is 15.3 Å². The summed E-state index contributed by atoms with van der Waals surface area (Å²) in [7, 11) is 0. The third-order valence-electron chi connectivity index (χ3n) is 2.64. The first-order valence-corrected chi connectivity index (χ1v) is 6.86. The van der Waals surface area contributed by atoms with Crippen LogP contribution in [0.5, 0.6) is 0 Å². The molecule has 0 bridgehead atoms. The second kappa shape index (κ2) is 5.90. The molecule has 2 aromatic rings. The molecule has 2 heterocycles. The second-order valence-corrected chi connectivity index (χ2v) is 5.15. The number of nitrogens with two attached hydrogens (primary N) is 1. The summed E-state index contributed by atoms with van der Waals surface area (Å²) in [5.74, 6) is -0.141. The van der Waals surface area contributed by atoms with Crippen LogP contribution in [-0.4, -0.2) is 15.9 Å². The van der Waals surface area contributed by atoms with Gasteiger partial charge in [-0.2, -0.15) is 0 Å². The Hall–Kier alpha value is -1.79. The van der Waals surface area contributed by atoms with Gasteiger partial charge in [0.1, 0.15) is 5.01 Å². The summed E-state index contributed by atoms with van der Waals surface area (Å²) < 4.78 is 0. The number of rotatable bonds is 4. The maximum atomic E-state index is 12.1. The third kappa shape index (κ3) is 3.36. The normalized spacial score (nSPS) is 12.2. The molecule has 0 fully saturated rings. The number of aromatic nitrogens is 2. The average Bonchev–Trinajstić information content (AvgIpc) is 2.85. The fourth-order valence-electron chi connectivity index (χ4n) is 1.64. The molecule has 2 rings (SSSR count). The highest BCUT2D eigenvalue weighted by Gasteiger charge is 2.14. The van der Waals surface area contributed by atoms with Crippen molar-refractivity contribution in [1.82, 2.24) is 15.3 Å². The van der Waals surface area contributed by atoms with Crippen LogP contribution in [0.3, 0.4) is 0 Å². The summed E-state index contributed by atoms with van der Waals surface area (Å²) in [4.78, 5) is 20.5. The van der Waals surface area contributed by atoms with E-state index in [-0.39, 0.29) is 11.9 Å². The lowest BCUT2D eigenvalue weighted by Crippen LogP contribution is -2.26. The van der Waals surface area contributed by atoms with Gasteiger partial charge in [-0.3, -0.25) is 9.78 Å². The summed E-state index contributed by atoms with van der Waals surface area (Å²) in [6.07, 6.45) is 1.59. The predicted octanol–water partition coefficient (Wildman–Crippen LogP) is 1.80. The van der Waals surface area contributed by atoms with Gasteiger partial charge in [-0.1, -0.05) is 0 Å². The van der Waals surface area contributed by atoms with Gasteiger partial charge >= 0.3 is 0 Å². The van der Waals surface area contributed by atoms with Gasteiger partial charge in [0.25, 0.3) is 5.91 Å². The van der Waals surface area contributed by atoms with E-state index in [9.17, 15) is 4.79 Å². The van der Waals surface area contributed by atoms with Crippen LogP contribution < -0.4 is 11.1 Å². The molecule has 3 N–H and O–H groups in total. The summed E-state index contributed by atoms with van der Waals surface area (Å²) >= 11 is 1.54. The van der Waals surface area contributed by atoms with Crippen LogP contribution in [0.15, 0.2) is 23.7 Å². The fraction of sp³-hybridized carbons (Fsp3) is 0.308. The first kappa shape index (κ1) is 13.6. The SMILES string of the molecule is Cc1csc(C(C)NC(=O)c2ccnc(CN)c2)n1. The molecule has 0 aromatic carbocycles. The molecule has 0 aliphatic heterocycles. The molecule has 1 amide bonds. The molecular weight excluding hydrogens is 260 g/mol. The monoisotopic (exact) mass is 276 g/mol. The highest BCUT2D eigenvalue weighted by Crippen LogP contribution is 2.17. The van der Waals surface area contributed by atoms with E-state index in [0.29, 0.717) is 17.8 Å². The lowest BCUT2D eigenvalue weighted by atomic mass is 10.2. The lowest BCUT2D eigenvalue weighted by Gasteiger charge is -2.11. The molecule has 100 valence electrons. The Balaban J connectivity index is 2.08. The Kier molecular flexibility index (Phi) is 4.24. The number of nitrogens with one attached hydrogen (secondary N) is 1. The van der Waals surface area contributed by atoms with Gasteiger partial charge in [-0.25, -0.2) is 4.98 Å². The number of amides is 1. The van der Waals surface area contributed by atoms with Gasteiger partial charge in [0.05, 0.1) is 11.7 Å². The largest absolute Gasteiger partial charge is 0.343 e. The van der Waals surface area contributed by atoms with Gasteiger partial charge in [0.2, 0.25) is 0 Å². The van der Waals surface area contributed by atoms with Gasteiger partial charge in [0, 0.05) is 29.4 Å². The molecule has 0 spiro atoms. The van der Waals surface area contributed by atoms with Crippen molar-refractivity contribution in [2.45, 2.75) is 26.4 Å². The Morgan fingerprint density at radius 3 is 3.00 bits per heavy atom. The molecule has 0 radical (unpaired) electrons. The minimum absolute atomic E-state index is 0.110. The van der Waals surface area contributed by atoms with Gasteiger partial charge < -0.3 is 11.1 Å². The van der Waals surface area contributed by atoms with Crippen LogP contribution in [0.25, 0.3) is 0 Å². The van der Waals surface area contributed by atoms with E-state index in [0.717, 1.165) is 10.7 Å². The number of nitrogens with zero attached hydrogens (tertiary/aromatic N) is 2. The van der Waals surface area contributed by atoms with E-state index < -0.39 is 0 Å². The predicted molar refractivity (Wildman–Crippen MR) is 74.9 cm³/mol.